The van der Waals surface area contributed by atoms with Crippen molar-refractivity contribution < 1.29 is 9.53 Å². The lowest BCUT2D eigenvalue weighted by Gasteiger charge is -2.11. The van der Waals surface area contributed by atoms with Gasteiger partial charge < -0.3 is 15.8 Å². The van der Waals surface area contributed by atoms with Crippen molar-refractivity contribution in [2.24, 2.45) is 0 Å². The molecule has 0 unspecified atom stereocenters. The molecule has 0 spiro atoms. The highest BCUT2D eigenvalue weighted by molar-refractivity contribution is 5.92. The van der Waals surface area contributed by atoms with E-state index in [1.54, 1.807) is 25.2 Å². The van der Waals surface area contributed by atoms with Crippen molar-refractivity contribution in [2.45, 2.75) is 13.3 Å². The SMILES string of the molecule is CCc1ccc(N)cc1Oc1ccnc(C(=O)NC)c1. The highest BCUT2D eigenvalue weighted by Gasteiger charge is 2.08. The van der Waals surface area contributed by atoms with Crippen molar-refractivity contribution >= 4 is 11.6 Å². The molecule has 1 aromatic heterocycles. The molecule has 0 bridgehead atoms. The second-order valence-electron chi connectivity index (χ2n) is 4.28. The number of nitrogens with one attached hydrogen (secondary N) is 1. The standard InChI is InChI=1S/C15H17N3O2/c1-3-10-4-5-11(16)8-14(10)20-12-6-7-18-13(9-12)15(19)17-2/h4-9H,3,16H2,1-2H3,(H,17,19). The van der Waals surface area contributed by atoms with Gasteiger partial charge in [-0.05, 0) is 24.1 Å². The molecular formula is C15H17N3O2. The molecule has 0 atom stereocenters. The molecule has 5 nitrogen and oxygen atoms in total. The van der Waals surface area contributed by atoms with Gasteiger partial charge in [-0.1, -0.05) is 13.0 Å². The van der Waals surface area contributed by atoms with Crippen LogP contribution in [0, 0.1) is 0 Å². The zero-order valence-electron chi connectivity index (χ0n) is 11.5. The van der Waals surface area contributed by atoms with Gasteiger partial charge in [0.2, 0.25) is 0 Å². The molecule has 3 N–H and O–H groups in total. The fourth-order valence-corrected chi connectivity index (χ4v) is 1.81. The van der Waals surface area contributed by atoms with Gasteiger partial charge in [0.25, 0.3) is 5.91 Å². The van der Waals surface area contributed by atoms with Gasteiger partial charge in [0.1, 0.15) is 17.2 Å². The maximum atomic E-state index is 11.5. The van der Waals surface area contributed by atoms with Crippen molar-refractivity contribution in [2.75, 3.05) is 12.8 Å². The highest BCUT2D eigenvalue weighted by atomic mass is 16.5. The first-order valence-electron chi connectivity index (χ1n) is 6.38. The Bertz CT molecular complexity index is 626. The molecule has 0 saturated heterocycles. The fraction of sp³-hybridized carbons (Fsp3) is 0.200. The Morgan fingerprint density at radius 1 is 1.35 bits per heavy atom. The number of aryl methyl sites for hydroxylation is 1. The molecular weight excluding hydrogens is 254 g/mol. The van der Waals surface area contributed by atoms with E-state index in [0.717, 1.165) is 12.0 Å². The molecule has 2 aromatic rings. The van der Waals surface area contributed by atoms with Crippen LogP contribution in [0.2, 0.25) is 0 Å². The van der Waals surface area contributed by atoms with E-state index in [1.165, 1.54) is 6.20 Å². The van der Waals surface area contributed by atoms with Gasteiger partial charge in [0.15, 0.2) is 0 Å². The summed E-state index contributed by atoms with van der Waals surface area (Å²) in [5.41, 5.74) is 7.78. The number of carbonyl (C=O) groups is 1. The lowest BCUT2D eigenvalue weighted by atomic mass is 10.1. The lowest BCUT2D eigenvalue weighted by molar-refractivity contribution is 0.0958. The third-order valence-electron chi connectivity index (χ3n) is 2.89. The number of aromatic nitrogens is 1. The van der Waals surface area contributed by atoms with E-state index in [-0.39, 0.29) is 5.91 Å². The Morgan fingerprint density at radius 3 is 2.85 bits per heavy atom. The van der Waals surface area contributed by atoms with E-state index in [2.05, 4.69) is 10.3 Å². The summed E-state index contributed by atoms with van der Waals surface area (Å²) in [6.45, 7) is 2.04. The van der Waals surface area contributed by atoms with Gasteiger partial charge in [-0.2, -0.15) is 0 Å². The Labute approximate surface area is 117 Å². The number of rotatable bonds is 4. The average Bonchev–Trinajstić information content (AvgIpc) is 2.47. The summed E-state index contributed by atoms with van der Waals surface area (Å²) in [6, 6.07) is 8.86. The van der Waals surface area contributed by atoms with E-state index in [9.17, 15) is 4.79 Å². The number of benzene rings is 1. The van der Waals surface area contributed by atoms with Gasteiger partial charge >= 0.3 is 0 Å². The number of pyridine rings is 1. The number of nitrogens with two attached hydrogens (primary N) is 1. The molecule has 0 aliphatic heterocycles. The number of nitrogens with zero attached hydrogens (tertiary/aromatic N) is 1. The van der Waals surface area contributed by atoms with Gasteiger partial charge in [0, 0.05) is 31.1 Å². The predicted molar refractivity (Wildman–Crippen MR) is 77.9 cm³/mol. The lowest BCUT2D eigenvalue weighted by Crippen LogP contribution is -2.18. The molecule has 1 heterocycles. The summed E-state index contributed by atoms with van der Waals surface area (Å²) < 4.78 is 5.82. The van der Waals surface area contributed by atoms with Crippen LogP contribution < -0.4 is 15.8 Å². The summed E-state index contributed by atoms with van der Waals surface area (Å²) in [4.78, 5) is 15.5. The smallest absolute Gasteiger partial charge is 0.269 e. The number of ether oxygens (including phenoxy) is 1. The maximum Gasteiger partial charge on any atom is 0.269 e. The van der Waals surface area contributed by atoms with Crippen LogP contribution in [0.3, 0.4) is 0 Å². The molecule has 0 radical (unpaired) electrons. The first kappa shape index (κ1) is 13.9. The van der Waals surface area contributed by atoms with Crippen molar-refractivity contribution in [1.29, 1.82) is 0 Å². The van der Waals surface area contributed by atoms with Crippen LogP contribution >= 0.6 is 0 Å². The predicted octanol–water partition coefficient (Wildman–Crippen LogP) is 2.38. The molecule has 0 aliphatic carbocycles. The van der Waals surface area contributed by atoms with E-state index >= 15 is 0 Å². The van der Waals surface area contributed by atoms with Crippen molar-refractivity contribution in [1.82, 2.24) is 10.3 Å². The molecule has 2 rings (SSSR count). The van der Waals surface area contributed by atoms with Crippen LogP contribution in [0.25, 0.3) is 0 Å². The minimum Gasteiger partial charge on any atom is -0.457 e. The van der Waals surface area contributed by atoms with Crippen LogP contribution in [-0.4, -0.2) is 17.9 Å². The molecule has 0 fully saturated rings. The minimum atomic E-state index is -0.251. The second-order valence-corrected chi connectivity index (χ2v) is 4.28. The molecule has 20 heavy (non-hydrogen) atoms. The zero-order chi connectivity index (χ0) is 14.5. The Morgan fingerprint density at radius 2 is 2.15 bits per heavy atom. The van der Waals surface area contributed by atoms with E-state index in [1.807, 2.05) is 19.1 Å². The first-order valence-corrected chi connectivity index (χ1v) is 6.38. The number of carbonyl (C=O) groups excluding carboxylic acids is 1. The van der Waals surface area contributed by atoms with Gasteiger partial charge in [-0.15, -0.1) is 0 Å². The summed E-state index contributed by atoms with van der Waals surface area (Å²) in [5, 5.41) is 2.53. The van der Waals surface area contributed by atoms with Gasteiger partial charge in [0.05, 0.1) is 0 Å². The second kappa shape index (κ2) is 6.06. The fourth-order valence-electron chi connectivity index (χ4n) is 1.81. The van der Waals surface area contributed by atoms with Crippen molar-refractivity contribution in [3.8, 4) is 11.5 Å². The van der Waals surface area contributed by atoms with Crippen LogP contribution in [-0.2, 0) is 6.42 Å². The molecule has 1 aromatic carbocycles. The normalized spacial score (nSPS) is 10.1. The van der Waals surface area contributed by atoms with Gasteiger partial charge in [-0.3, -0.25) is 9.78 Å². The number of anilines is 1. The largest absolute Gasteiger partial charge is 0.457 e. The minimum absolute atomic E-state index is 0.251. The van der Waals surface area contributed by atoms with E-state index < -0.39 is 0 Å². The number of hydrogen-bond acceptors (Lipinski definition) is 4. The summed E-state index contributed by atoms with van der Waals surface area (Å²) in [6.07, 6.45) is 2.38. The Kier molecular flexibility index (Phi) is 4.20. The van der Waals surface area contributed by atoms with Crippen LogP contribution in [0.1, 0.15) is 23.0 Å². The third kappa shape index (κ3) is 3.06. The Balaban J connectivity index is 2.30. The van der Waals surface area contributed by atoms with Crippen LogP contribution in [0.15, 0.2) is 36.5 Å². The summed E-state index contributed by atoms with van der Waals surface area (Å²) in [5.74, 6) is 0.999. The first-order chi connectivity index (χ1) is 9.63. The average molecular weight is 271 g/mol. The molecule has 0 saturated carbocycles. The summed E-state index contributed by atoms with van der Waals surface area (Å²) >= 11 is 0. The third-order valence-corrected chi connectivity index (χ3v) is 2.89. The number of hydrogen-bond donors (Lipinski definition) is 2. The Hall–Kier alpha value is -2.56. The van der Waals surface area contributed by atoms with Crippen LogP contribution in [0.4, 0.5) is 5.69 Å². The maximum absolute atomic E-state index is 11.5. The molecule has 1 amide bonds. The summed E-state index contributed by atoms with van der Waals surface area (Å²) in [7, 11) is 1.56. The van der Waals surface area contributed by atoms with Crippen LogP contribution in [0.5, 0.6) is 11.5 Å². The van der Waals surface area contributed by atoms with E-state index in [0.29, 0.717) is 22.9 Å². The number of nitrogen functional groups attached to an aromatic ring is 1. The monoisotopic (exact) mass is 271 g/mol. The molecule has 5 heteroatoms. The molecule has 0 aliphatic rings. The highest BCUT2D eigenvalue weighted by Crippen LogP contribution is 2.28. The number of amides is 1. The quantitative estimate of drug-likeness (QED) is 0.837. The van der Waals surface area contributed by atoms with Crippen molar-refractivity contribution in [3.63, 3.8) is 0 Å². The van der Waals surface area contributed by atoms with Crippen molar-refractivity contribution in [3.05, 3.63) is 47.8 Å². The molecule has 104 valence electrons. The van der Waals surface area contributed by atoms with Gasteiger partial charge in [-0.25, -0.2) is 0 Å². The zero-order valence-corrected chi connectivity index (χ0v) is 11.5. The topological polar surface area (TPSA) is 77.2 Å². The van der Waals surface area contributed by atoms with E-state index in [4.69, 9.17) is 10.5 Å².